The van der Waals surface area contributed by atoms with Gasteiger partial charge in [0.15, 0.2) is 0 Å². The highest BCUT2D eigenvalue weighted by atomic mass is 79.9. The van der Waals surface area contributed by atoms with Crippen LogP contribution >= 0.6 is 31.9 Å². The van der Waals surface area contributed by atoms with Crippen molar-refractivity contribution in [3.63, 3.8) is 0 Å². The average Bonchev–Trinajstić information content (AvgIpc) is 2.22. The van der Waals surface area contributed by atoms with Gasteiger partial charge in [0, 0.05) is 27.8 Å². The molecule has 0 bridgehead atoms. The van der Waals surface area contributed by atoms with E-state index in [1.807, 2.05) is 0 Å². The summed E-state index contributed by atoms with van der Waals surface area (Å²) in [4.78, 5) is 4.04. The molecular weight excluding hydrogens is 322 g/mol. The van der Waals surface area contributed by atoms with Crippen LogP contribution in [0.5, 0.6) is 0 Å². The summed E-state index contributed by atoms with van der Waals surface area (Å²) < 4.78 is 1.89. The number of hydrogen-bond donors (Lipinski definition) is 1. The SMILES string of the molecule is CCC(C)C(O)Cc1c(Br)cncc1Br. The first-order valence-electron chi connectivity index (χ1n) is 5.02. The molecule has 84 valence electrons. The molecule has 0 amide bonds. The van der Waals surface area contributed by atoms with Gasteiger partial charge in [-0.05, 0) is 43.3 Å². The lowest BCUT2D eigenvalue weighted by atomic mass is 9.96. The first-order chi connectivity index (χ1) is 7.06. The summed E-state index contributed by atoms with van der Waals surface area (Å²) >= 11 is 6.89. The number of hydrogen-bond acceptors (Lipinski definition) is 2. The molecule has 2 nitrogen and oxygen atoms in total. The van der Waals surface area contributed by atoms with Gasteiger partial charge in [0.1, 0.15) is 0 Å². The lowest BCUT2D eigenvalue weighted by Gasteiger charge is -2.18. The zero-order valence-corrected chi connectivity index (χ0v) is 12.0. The van der Waals surface area contributed by atoms with Gasteiger partial charge >= 0.3 is 0 Å². The maximum Gasteiger partial charge on any atom is 0.0606 e. The van der Waals surface area contributed by atoms with Crippen LogP contribution in [-0.2, 0) is 6.42 Å². The summed E-state index contributed by atoms with van der Waals surface area (Å²) in [6, 6.07) is 0. The van der Waals surface area contributed by atoms with Crippen LogP contribution in [0.25, 0.3) is 0 Å². The number of halogens is 2. The maximum absolute atomic E-state index is 9.96. The Hall–Kier alpha value is 0.0700. The second-order valence-corrected chi connectivity index (χ2v) is 5.45. The third-order valence-electron chi connectivity index (χ3n) is 2.67. The quantitative estimate of drug-likeness (QED) is 0.912. The van der Waals surface area contributed by atoms with Crippen molar-refractivity contribution in [1.29, 1.82) is 0 Å². The topological polar surface area (TPSA) is 33.1 Å². The van der Waals surface area contributed by atoms with Crippen molar-refractivity contribution in [1.82, 2.24) is 4.98 Å². The zero-order valence-electron chi connectivity index (χ0n) is 8.87. The molecule has 0 aromatic carbocycles. The molecule has 0 aliphatic rings. The van der Waals surface area contributed by atoms with Crippen LogP contribution in [0.3, 0.4) is 0 Å². The highest BCUT2D eigenvalue weighted by Crippen LogP contribution is 2.26. The van der Waals surface area contributed by atoms with Crippen LogP contribution in [0.2, 0.25) is 0 Å². The molecule has 1 heterocycles. The molecule has 0 spiro atoms. The maximum atomic E-state index is 9.96. The van der Waals surface area contributed by atoms with Gasteiger partial charge in [-0.1, -0.05) is 20.3 Å². The molecule has 0 saturated carbocycles. The van der Waals surface area contributed by atoms with Crippen LogP contribution in [-0.4, -0.2) is 16.2 Å². The van der Waals surface area contributed by atoms with Crippen molar-refractivity contribution in [2.75, 3.05) is 0 Å². The predicted molar refractivity (Wildman–Crippen MR) is 68.8 cm³/mol. The van der Waals surface area contributed by atoms with Gasteiger partial charge in [0.25, 0.3) is 0 Å². The first-order valence-corrected chi connectivity index (χ1v) is 6.60. The highest BCUT2D eigenvalue weighted by Gasteiger charge is 2.16. The summed E-state index contributed by atoms with van der Waals surface area (Å²) in [6.45, 7) is 4.15. The first kappa shape index (κ1) is 13.1. The number of aliphatic hydroxyl groups excluding tert-OH is 1. The van der Waals surface area contributed by atoms with E-state index >= 15 is 0 Å². The van der Waals surface area contributed by atoms with E-state index in [-0.39, 0.29) is 6.10 Å². The van der Waals surface area contributed by atoms with Crippen LogP contribution in [0.4, 0.5) is 0 Å². The molecular formula is C11H15Br2NO. The Labute approximate surface area is 107 Å². The molecule has 0 aliphatic carbocycles. The molecule has 1 rings (SSSR count). The van der Waals surface area contributed by atoms with E-state index in [0.717, 1.165) is 20.9 Å². The van der Waals surface area contributed by atoms with Gasteiger partial charge in [-0.3, -0.25) is 4.98 Å². The van der Waals surface area contributed by atoms with E-state index in [0.29, 0.717) is 12.3 Å². The minimum Gasteiger partial charge on any atom is -0.393 e. The Morgan fingerprint density at radius 2 is 1.87 bits per heavy atom. The Kier molecular flexibility index (Phi) is 5.23. The molecule has 15 heavy (non-hydrogen) atoms. The van der Waals surface area contributed by atoms with Crippen molar-refractivity contribution in [2.24, 2.45) is 5.92 Å². The monoisotopic (exact) mass is 335 g/mol. The average molecular weight is 337 g/mol. The van der Waals surface area contributed by atoms with E-state index in [4.69, 9.17) is 0 Å². The molecule has 2 atom stereocenters. The lowest BCUT2D eigenvalue weighted by Crippen LogP contribution is -2.20. The zero-order chi connectivity index (χ0) is 11.4. The second-order valence-electron chi connectivity index (χ2n) is 3.74. The smallest absolute Gasteiger partial charge is 0.0606 e. The Bertz CT molecular complexity index is 310. The highest BCUT2D eigenvalue weighted by molar-refractivity contribution is 9.11. The van der Waals surface area contributed by atoms with Gasteiger partial charge in [-0.25, -0.2) is 0 Å². The molecule has 2 unspecified atom stereocenters. The summed E-state index contributed by atoms with van der Waals surface area (Å²) in [5.74, 6) is 0.317. The number of pyridine rings is 1. The van der Waals surface area contributed by atoms with Crippen molar-refractivity contribution < 1.29 is 5.11 Å². The van der Waals surface area contributed by atoms with E-state index in [9.17, 15) is 5.11 Å². The fourth-order valence-corrected chi connectivity index (χ4v) is 2.57. The largest absolute Gasteiger partial charge is 0.393 e. The van der Waals surface area contributed by atoms with Gasteiger partial charge < -0.3 is 5.11 Å². The lowest BCUT2D eigenvalue weighted by molar-refractivity contribution is 0.114. The number of aliphatic hydroxyl groups is 1. The summed E-state index contributed by atoms with van der Waals surface area (Å²) in [6.07, 6.45) is 4.84. The molecule has 1 aromatic heterocycles. The number of rotatable bonds is 4. The summed E-state index contributed by atoms with van der Waals surface area (Å²) in [5.41, 5.74) is 1.08. The third-order valence-corrected chi connectivity index (χ3v) is 4.03. The third kappa shape index (κ3) is 3.54. The van der Waals surface area contributed by atoms with Crippen molar-refractivity contribution in [2.45, 2.75) is 32.8 Å². The van der Waals surface area contributed by atoms with Gasteiger partial charge in [0.05, 0.1) is 6.10 Å². The Balaban J connectivity index is 2.80. The molecule has 0 radical (unpaired) electrons. The molecule has 1 N–H and O–H groups in total. The Morgan fingerprint density at radius 1 is 1.33 bits per heavy atom. The van der Waals surface area contributed by atoms with E-state index in [1.54, 1.807) is 12.4 Å². The Morgan fingerprint density at radius 3 is 2.33 bits per heavy atom. The van der Waals surface area contributed by atoms with Crippen LogP contribution in [0, 0.1) is 5.92 Å². The second kappa shape index (κ2) is 5.97. The molecule has 0 saturated heterocycles. The van der Waals surface area contributed by atoms with Crippen LogP contribution in [0.15, 0.2) is 21.3 Å². The van der Waals surface area contributed by atoms with Gasteiger partial charge in [0.2, 0.25) is 0 Å². The molecule has 0 aliphatic heterocycles. The van der Waals surface area contributed by atoms with E-state index in [2.05, 4.69) is 50.7 Å². The van der Waals surface area contributed by atoms with E-state index < -0.39 is 0 Å². The summed E-state index contributed by atoms with van der Waals surface area (Å²) in [7, 11) is 0. The fraction of sp³-hybridized carbons (Fsp3) is 0.545. The molecule has 1 aromatic rings. The van der Waals surface area contributed by atoms with Crippen molar-refractivity contribution in [3.05, 3.63) is 26.9 Å². The van der Waals surface area contributed by atoms with Crippen LogP contribution in [0.1, 0.15) is 25.8 Å². The molecule has 0 fully saturated rings. The van der Waals surface area contributed by atoms with E-state index in [1.165, 1.54) is 0 Å². The fourth-order valence-electron chi connectivity index (χ4n) is 1.32. The minimum absolute atomic E-state index is 0.301. The van der Waals surface area contributed by atoms with Crippen molar-refractivity contribution >= 4 is 31.9 Å². The molecule has 4 heteroatoms. The van der Waals surface area contributed by atoms with Crippen molar-refractivity contribution in [3.8, 4) is 0 Å². The minimum atomic E-state index is -0.301. The normalized spacial score (nSPS) is 15.0. The summed E-state index contributed by atoms with van der Waals surface area (Å²) in [5, 5.41) is 9.96. The number of aromatic nitrogens is 1. The van der Waals surface area contributed by atoms with Gasteiger partial charge in [-0.2, -0.15) is 0 Å². The number of nitrogens with zero attached hydrogens (tertiary/aromatic N) is 1. The van der Waals surface area contributed by atoms with Crippen LogP contribution < -0.4 is 0 Å². The predicted octanol–water partition coefficient (Wildman–Crippen LogP) is 3.56. The van der Waals surface area contributed by atoms with Gasteiger partial charge in [-0.15, -0.1) is 0 Å². The standard InChI is InChI=1S/C11H15Br2NO/c1-3-7(2)11(15)4-8-9(12)5-14-6-10(8)13/h5-7,11,15H,3-4H2,1-2H3.